The molecule has 1 atom stereocenters. The smallest absolute Gasteiger partial charge is 0.129 e. The lowest BCUT2D eigenvalue weighted by molar-refractivity contribution is 0.0741. The van der Waals surface area contributed by atoms with E-state index >= 15 is 0 Å². The normalized spacial score (nSPS) is 14.0. The SMILES string of the molecule is CCC(O)(c1ccccc1F)c1cccc2ccccc12. The number of halogens is 1. The Morgan fingerprint density at radius 3 is 2.24 bits per heavy atom. The van der Waals surface area contributed by atoms with Gasteiger partial charge in [-0.1, -0.05) is 67.6 Å². The first kappa shape index (κ1) is 13.8. The van der Waals surface area contributed by atoms with Crippen LogP contribution in [-0.4, -0.2) is 5.11 Å². The lowest BCUT2D eigenvalue weighted by Crippen LogP contribution is -2.27. The topological polar surface area (TPSA) is 20.2 Å². The van der Waals surface area contributed by atoms with Crippen molar-refractivity contribution >= 4 is 10.8 Å². The van der Waals surface area contributed by atoms with Crippen LogP contribution in [0.4, 0.5) is 4.39 Å². The van der Waals surface area contributed by atoms with Gasteiger partial charge in [0.05, 0.1) is 0 Å². The fourth-order valence-electron chi connectivity index (χ4n) is 2.91. The van der Waals surface area contributed by atoms with Crippen molar-refractivity contribution in [2.24, 2.45) is 0 Å². The second kappa shape index (κ2) is 5.30. The largest absolute Gasteiger partial charge is 0.380 e. The van der Waals surface area contributed by atoms with Gasteiger partial charge in [0.15, 0.2) is 0 Å². The quantitative estimate of drug-likeness (QED) is 0.742. The minimum absolute atomic E-state index is 0.323. The summed E-state index contributed by atoms with van der Waals surface area (Å²) < 4.78 is 14.2. The van der Waals surface area contributed by atoms with Crippen LogP contribution in [-0.2, 0) is 5.60 Å². The Hall–Kier alpha value is -2.19. The van der Waals surface area contributed by atoms with E-state index in [1.54, 1.807) is 18.2 Å². The predicted octanol–water partition coefficient (Wildman–Crippen LogP) is 4.62. The molecular weight excluding hydrogens is 263 g/mol. The van der Waals surface area contributed by atoms with E-state index in [2.05, 4.69) is 0 Å². The lowest BCUT2D eigenvalue weighted by Gasteiger charge is -2.29. The molecule has 0 saturated heterocycles. The van der Waals surface area contributed by atoms with E-state index in [-0.39, 0.29) is 5.82 Å². The molecule has 1 unspecified atom stereocenters. The van der Waals surface area contributed by atoms with Crippen LogP contribution in [0, 0.1) is 5.82 Å². The van der Waals surface area contributed by atoms with Gasteiger partial charge < -0.3 is 5.11 Å². The summed E-state index contributed by atoms with van der Waals surface area (Å²) in [6.45, 7) is 1.87. The van der Waals surface area contributed by atoms with Gasteiger partial charge in [0.25, 0.3) is 0 Å². The molecule has 21 heavy (non-hydrogen) atoms. The number of hydrogen-bond donors (Lipinski definition) is 1. The highest BCUT2D eigenvalue weighted by Crippen LogP contribution is 2.38. The molecule has 0 aliphatic heterocycles. The molecule has 0 fully saturated rings. The number of rotatable bonds is 3. The molecule has 1 nitrogen and oxygen atoms in total. The van der Waals surface area contributed by atoms with Crippen molar-refractivity contribution in [1.29, 1.82) is 0 Å². The zero-order valence-electron chi connectivity index (χ0n) is 11.9. The predicted molar refractivity (Wildman–Crippen MR) is 83.6 cm³/mol. The minimum atomic E-state index is -1.33. The van der Waals surface area contributed by atoms with E-state index in [9.17, 15) is 9.50 Å². The summed E-state index contributed by atoms with van der Waals surface area (Å²) in [5.41, 5.74) is -0.260. The summed E-state index contributed by atoms with van der Waals surface area (Å²) in [4.78, 5) is 0. The van der Waals surface area contributed by atoms with Crippen LogP contribution < -0.4 is 0 Å². The molecule has 106 valence electrons. The molecule has 0 heterocycles. The molecule has 1 N–H and O–H groups in total. The third kappa shape index (κ3) is 2.22. The highest BCUT2D eigenvalue weighted by Gasteiger charge is 2.33. The van der Waals surface area contributed by atoms with E-state index in [0.29, 0.717) is 12.0 Å². The molecule has 3 rings (SSSR count). The Morgan fingerprint density at radius 2 is 1.48 bits per heavy atom. The van der Waals surface area contributed by atoms with E-state index in [0.717, 1.165) is 16.3 Å². The van der Waals surface area contributed by atoms with Crippen LogP contribution >= 0.6 is 0 Å². The third-order valence-corrected chi connectivity index (χ3v) is 4.07. The summed E-state index contributed by atoms with van der Waals surface area (Å²) in [6, 6.07) is 20.1. The van der Waals surface area contributed by atoms with Crippen LogP contribution in [0.15, 0.2) is 66.7 Å². The summed E-state index contributed by atoms with van der Waals surface area (Å²) in [7, 11) is 0. The van der Waals surface area contributed by atoms with Gasteiger partial charge >= 0.3 is 0 Å². The lowest BCUT2D eigenvalue weighted by atomic mass is 9.81. The Balaban J connectivity index is 2.30. The van der Waals surface area contributed by atoms with Gasteiger partial charge in [0, 0.05) is 5.56 Å². The average molecular weight is 280 g/mol. The van der Waals surface area contributed by atoms with E-state index < -0.39 is 5.60 Å². The van der Waals surface area contributed by atoms with Crippen LogP contribution in [0.5, 0.6) is 0 Å². The highest BCUT2D eigenvalue weighted by atomic mass is 19.1. The van der Waals surface area contributed by atoms with Gasteiger partial charge in [0.1, 0.15) is 11.4 Å². The third-order valence-electron chi connectivity index (χ3n) is 4.07. The second-order valence-corrected chi connectivity index (χ2v) is 5.22. The Morgan fingerprint density at radius 1 is 0.857 bits per heavy atom. The first-order valence-corrected chi connectivity index (χ1v) is 7.12. The highest BCUT2D eigenvalue weighted by molar-refractivity contribution is 5.87. The standard InChI is InChI=1S/C19H17FO/c1-2-19(21,17-11-5-6-13-18(17)20)16-12-7-9-14-8-3-4-10-15(14)16/h3-13,21H,2H2,1H3. The van der Waals surface area contributed by atoms with Gasteiger partial charge in [-0.2, -0.15) is 0 Å². The molecule has 0 aromatic heterocycles. The molecule has 0 bridgehead atoms. The summed E-state index contributed by atoms with van der Waals surface area (Å²) in [5.74, 6) is -0.380. The summed E-state index contributed by atoms with van der Waals surface area (Å²) in [6.07, 6.45) is 0.405. The molecule has 0 radical (unpaired) electrons. The Bertz CT molecular complexity index is 776. The van der Waals surface area contributed by atoms with Gasteiger partial charge in [-0.3, -0.25) is 0 Å². The Kier molecular flexibility index (Phi) is 3.48. The molecule has 2 heteroatoms. The number of hydrogen-bond acceptors (Lipinski definition) is 1. The second-order valence-electron chi connectivity index (χ2n) is 5.22. The van der Waals surface area contributed by atoms with Gasteiger partial charge in [-0.05, 0) is 28.8 Å². The van der Waals surface area contributed by atoms with Crippen molar-refractivity contribution in [2.45, 2.75) is 18.9 Å². The van der Waals surface area contributed by atoms with E-state index in [1.165, 1.54) is 6.07 Å². The van der Waals surface area contributed by atoms with E-state index in [4.69, 9.17) is 0 Å². The van der Waals surface area contributed by atoms with Crippen LogP contribution in [0.2, 0.25) is 0 Å². The molecular formula is C19H17FO. The van der Waals surface area contributed by atoms with Gasteiger partial charge in [0.2, 0.25) is 0 Å². The van der Waals surface area contributed by atoms with Crippen molar-refractivity contribution < 1.29 is 9.50 Å². The number of fused-ring (bicyclic) bond motifs is 1. The van der Waals surface area contributed by atoms with Crippen molar-refractivity contribution in [2.75, 3.05) is 0 Å². The maximum absolute atomic E-state index is 14.2. The molecule has 3 aromatic carbocycles. The molecule has 0 aliphatic carbocycles. The minimum Gasteiger partial charge on any atom is -0.380 e. The Labute approximate surface area is 123 Å². The molecule has 0 amide bonds. The fraction of sp³-hybridized carbons (Fsp3) is 0.158. The van der Waals surface area contributed by atoms with Crippen LogP contribution in [0.25, 0.3) is 10.8 Å². The van der Waals surface area contributed by atoms with Crippen LogP contribution in [0.3, 0.4) is 0 Å². The average Bonchev–Trinajstić information content (AvgIpc) is 2.54. The van der Waals surface area contributed by atoms with Gasteiger partial charge in [-0.15, -0.1) is 0 Å². The van der Waals surface area contributed by atoms with Crippen LogP contribution in [0.1, 0.15) is 24.5 Å². The first-order valence-electron chi connectivity index (χ1n) is 7.12. The fourth-order valence-corrected chi connectivity index (χ4v) is 2.91. The maximum atomic E-state index is 14.2. The molecule has 0 aliphatic rings. The van der Waals surface area contributed by atoms with E-state index in [1.807, 2.05) is 49.4 Å². The summed E-state index contributed by atoms with van der Waals surface area (Å²) >= 11 is 0. The summed E-state index contributed by atoms with van der Waals surface area (Å²) in [5, 5.41) is 13.2. The zero-order chi connectivity index (χ0) is 14.9. The molecule has 0 saturated carbocycles. The molecule has 0 spiro atoms. The van der Waals surface area contributed by atoms with Crippen molar-refractivity contribution in [3.8, 4) is 0 Å². The van der Waals surface area contributed by atoms with Crippen molar-refractivity contribution in [3.05, 3.63) is 83.7 Å². The van der Waals surface area contributed by atoms with Crippen molar-refractivity contribution in [3.63, 3.8) is 0 Å². The first-order chi connectivity index (χ1) is 10.2. The van der Waals surface area contributed by atoms with Crippen molar-refractivity contribution in [1.82, 2.24) is 0 Å². The molecule has 3 aromatic rings. The van der Waals surface area contributed by atoms with Gasteiger partial charge in [-0.25, -0.2) is 4.39 Å². The monoisotopic (exact) mass is 280 g/mol. The number of benzene rings is 3. The number of aliphatic hydroxyl groups is 1. The zero-order valence-corrected chi connectivity index (χ0v) is 11.9. The maximum Gasteiger partial charge on any atom is 0.129 e.